The Labute approximate surface area is 106 Å². The zero-order valence-corrected chi connectivity index (χ0v) is 10.3. The number of nitrogens with one attached hydrogen (secondary N) is 1. The molecule has 0 atom stereocenters. The number of hydrogen-bond acceptors (Lipinski definition) is 2. The van der Waals surface area contributed by atoms with Gasteiger partial charge >= 0.3 is 5.97 Å². The summed E-state index contributed by atoms with van der Waals surface area (Å²) in [4.78, 5) is 22.4. The number of amides is 1. The predicted octanol–water partition coefficient (Wildman–Crippen LogP) is 2.76. The van der Waals surface area contributed by atoms with Gasteiger partial charge in [-0.2, -0.15) is 0 Å². The van der Waals surface area contributed by atoms with Gasteiger partial charge in [-0.3, -0.25) is 4.79 Å². The molecule has 0 aromatic heterocycles. The Morgan fingerprint density at radius 3 is 2.61 bits per heavy atom. The Morgan fingerprint density at radius 2 is 2.00 bits per heavy atom. The summed E-state index contributed by atoms with van der Waals surface area (Å²) in [5.41, 5.74) is 1.31. The van der Waals surface area contributed by atoms with Crippen molar-refractivity contribution in [1.82, 2.24) is 0 Å². The highest BCUT2D eigenvalue weighted by Crippen LogP contribution is 2.15. The number of allylic oxidation sites excluding steroid dienone is 3. The third-order valence-electron chi connectivity index (χ3n) is 2.29. The Hall–Kier alpha value is -2.36. The first-order chi connectivity index (χ1) is 8.54. The van der Waals surface area contributed by atoms with E-state index in [1.165, 1.54) is 12.1 Å². The lowest BCUT2D eigenvalue weighted by Gasteiger charge is -2.05. The summed E-state index contributed by atoms with van der Waals surface area (Å²) >= 11 is 0. The number of hydrogen-bond donors (Lipinski definition) is 2. The molecule has 1 amide bonds. The number of benzene rings is 1. The molecular formula is C14H15NO3. The second kappa shape index (κ2) is 6.39. The first-order valence-electron chi connectivity index (χ1n) is 5.49. The lowest BCUT2D eigenvalue weighted by Crippen LogP contribution is -2.09. The molecule has 4 heteroatoms. The highest BCUT2D eigenvalue weighted by Gasteiger charge is 2.08. The van der Waals surface area contributed by atoms with Crippen LogP contribution in [0.15, 0.2) is 42.5 Å². The van der Waals surface area contributed by atoms with Crippen molar-refractivity contribution in [2.24, 2.45) is 0 Å². The van der Waals surface area contributed by atoms with Gasteiger partial charge in [-0.05, 0) is 31.5 Å². The summed E-state index contributed by atoms with van der Waals surface area (Å²) in [5.74, 6) is -1.30. The van der Waals surface area contributed by atoms with Crippen LogP contribution in [-0.2, 0) is 4.79 Å². The van der Waals surface area contributed by atoms with Crippen LogP contribution in [-0.4, -0.2) is 17.0 Å². The number of carbonyl (C=O) groups is 2. The van der Waals surface area contributed by atoms with Crippen LogP contribution in [0.25, 0.3) is 0 Å². The minimum atomic E-state index is -1.01. The van der Waals surface area contributed by atoms with Crippen molar-refractivity contribution in [1.29, 1.82) is 0 Å². The summed E-state index contributed by atoms with van der Waals surface area (Å²) in [7, 11) is 0. The summed E-state index contributed by atoms with van der Waals surface area (Å²) in [6.45, 7) is 3.56. The Balaban J connectivity index is 2.83. The molecule has 2 N–H and O–H groups in total. The topological polar surface area (TPSA) is 66.4 Å². The first kappa shape index (κ1) is 13.7. The molecule has 1 rings (SSSR count). The highest BCUT2D eigenvalue weighted by atomic mass is 16.4. The van der Waals surface area contributed by atoms with E-state index in [0.29, 0.717) is 11.3 Å². The molecule has 18 heavy (non-hydrogen) atoms. The predicted molar refractivity (Wildman–Crippen MR) is 70.7 cm³/mol. The van der Waals surface area contributed by atoms with Crippen molar-refractivity contribution in [2.75, 3.05) is 5.32 Å². The molecular weight excluding hydrogens is 230 g/mol. The quantitative estimate of drug-likeness (QED) is 0.633. The van der Waals surface area contributed by atoms with E-state index < -0.39 is 5.97 Å². The second-order valence-corrected chi connectivity index (χ2v) is 3.71. The maximum absolute atomic E-state index is 11.5. The molecule has 0 saturated carbocycles. The van der Waals surface area contributed by atoms with E-state index in [1.54, 1.807) is 37.3 Å². The number of anilines is 1. The zero-order chi connectivity index (χ0) is 13.5. The van der Waals surface area contributed by atoms with Crippen molar-refractivity contribution in [3.8, 4) is 0 Å². The van der Waals surface area contributed by atoms with Crippen molar-refractivity contribution in [2.45, 2.75) is 13.8 Å². The monoisotopic (exact) mass is 245 g/mol. The minimum absolute atomic E-state index is 0.185. The molecule has 0 aliphatic heterocycles. The molecule has 0 heterocycles. The molecule has 0 aliphatic rings. The molecule has 1 aromatic carbocycles. The van der Waals surface area contributed by atoms with E-state index in [1.807, 2.05) is 6.92 Å². The smallest absolute Gasteiger partial charge is 0.336 e. The fourth-order valence-corrected chi connectivity index (χ4v) is 1.37. The molecule has 0 radical (unpaired) electrons. The SMILES string of the molecule is C/C=C/C=C\C(=O)Nc1ccc(C)c(C(=O)O)c1. The van der Waals surface area contributed by atoms with Crippen molar-refractivity contribution < 1.29 is 14.7 Å². The molecule has 1 aromatic rings. The maximum atomic E-state index is 11.5. The van der Waals surface area contributed by atoms with Gasteiger partial charge < -0.3 is 10.4 Å². The van der Waals surface area contributed by atoms with Crippen LogP contribution in [0.1, 0.15) is 22.8 Å². The summed E-state index contributed by atoms with van der Waals surface area (Å²) in [6, 6.07) is 4.77. The van der Waals surface area contributed by atoms with E-state index in [2.05, 4.69) is 5.32 Å². The molecule has 0 fully saturated rings. The normalized spacial score (nSPS) is 11.0. The van der Waals surface area contributed by atoms with Gasteiger partial charge in [0.2, 0.25) is 5.91 Å². The van der Waals surface area contributed by atoms with Gasteiger partial charge in [-0.1, -0.05) is 24.3 Å². The van der Waals surface area contributed by atoms with E-state index in [0.717, 1.165) is 0 Å². The molecule has 0 saturated heterocycles. The average molecular weight is 245 g/mol. The number of carbonyl (C=O) groups excluding carboxylic acids is 1. The van der Waals surface area contributed by atoms with Gasteiger partial charge in [0.05, 0.1) is 5.56 Å². The minimum Gasteiger partial charge on any atom is -0.478 e. The van der Waals surface area contributed by atoms with Crippen molar-refractivity contribution >= 4 is 17.6 Å². The van der Waals surface area contributed by atoms with Crippen LogP contribution in [0.5, 0.6) is 0 Å². The van der Waals surface area contributed by atoms with Gasteiger partial charge in [-0.15, -0.1) is 0 Å². The van der Waals surface area contributed by atoms with E-state index in [9.17, 15) is 9.59 Å². The first-order valence-corrected chi connectivity index (χ1v) is 5.49. The van der Waals surface area contributed by atoms with Gasteiger partial charge in [0.15, 0.2) is 0 Å². The van der Waals surface area contributed by atoms with Crippen LogP contribution in [0.4, 0.5) is 5.69 Å². The van der Waals surface area contributed by atoms with E-state index in [-0.39, 0.29) is 11.5 Å². The van der Waals surface area contributed by atoms with Crippen LogP contribution >= 0.6 is 0 Å². The van der Waals surface area contributed by atoms with Gasteiger partial charge in [0.25, 0.3) is 0 Å². The van der Waals surface area contributed by atoms with Gasteiger partial charge in [0.1, 0.15) is 0 Å². The number of aromatic carboxylic acids is 1. The Morgan fingerprint density at radius 1 is 1.28 bits per heavy atom. The number of carboxylic acids is 1. The second-order valence-electron chi connectivity index (χ2n) is 3.71. The number of aryl methyl sites for hydroxylation is 1. The number of rotatable bonds is 4. The van der Waals surface area contributed by atoms with Crippen molar-refractivity contribution in [3.63, 3.8) is 0 Å². The number of carboxylic acid groups (broad SMARTS) is 1. The summed E-state index contributed by atoms with van der Waals surface area (Å²) in [5, 5.41) is 11.6. The third kappa shape index (κ3) is 3.90. The molecule has 0 bridgehead atoms. The lowest BCUT2D eigenvalue weighted by molar-refractivity contribution is -0.111. The standard InChI is InChI=1S/C14H15NO3/c1-3-4-5-6-13(16)15-11-8-7-10(2)12(9-11)14(17)18/h3-9H,1-2H3,(H,15,16)(H,17,18)/b4-3+,6-5-. The third-order valence-corrected chi connectivity index (χ3v) is 2.29. The van der Waals surface area contributed by atoms with Crippen LogP contribution in [0.3, 0.4) is 0 Å². The van der Waals surface area contributed by atoms with Crippen LogP contribution < -0.4 is 5.32 Å². The van der Waals surface area contributed by atoms with Gasteiger partial charge in [-0.25, -0.2) is 4.79 Å². The maximum Gasteiger partial charge on any atom is 0.336 e. The summed E-state index contributed by atoms with van der Waals surface area (Å²) < 4.78 is 0. The van der Waals surface area contributed by atoms with E-state index in [4.69, 9.17) is 5.11 Å². The average Bonchev–Trinajstić information content (AvgIpc) is 2.31. The lowest BCUT2D eigenvalue weighted by atomic mass is 10.1. The largest absolute Gasteiger partial charge is 0.478 e. The Bertz CT molecular complexity index is 516. The fourth-order valence-electron chi connectivity index (χ4n) is 1.37. The molecule has 0 aliphatic carbocycles. The van der Waals surface area contributed by atoms with Crippen LogP contribution in [0, 0.1) is 6.92 Å². The molecule has 0 unspecified atom stereocenters. The van der Waals surface area contributed by atoms with Gasteiger partial charge in [0, 0.05) is 11.8 Å². The molecule has 0 spiro atoms. The zero-order valence-electron chi connectivity index (χ0n) is 10.3. The van der Waals surface area contributed by atoms with Crippen LogP contribution in [0.2, 0.25) is 0 Å². The van der Waals surface area contributed by atoms with Crippen molar-refractivity contribution in [3.05, 3.63) is 53.6 Å². The highest BCUT2D eigenvalue weighted by molar-refractivity contribution is 6.00. The summed E-state index contributed by atoms with van der Waals surface area (Å²) in [6.07, 6.45) is 6.53. The fraction of sp³-hybridized carbons (Fsp3) is 0.143. The molecule has 94 valence electrons. The molecule has 4 nitrogen and oxygen atoms in total. The Kier molecular flexibility index (Phi) is 4.87. The van der Waals surface area contributed by atoms with E-state index >= 15 is 0 Å².